The number of ether oxygens (including phenoxy) is 1. The lowest BCUT2D eigenvalue weighted by atomic mass is 10.2. The summed E-state index contributed by atoms with van der Waals surface area (Å²) < 4.78 is 17.9. The quantitative estimate of drug-likeness (QED) is 0.773. The normalized spacial score (nSPS) is 11.4. The number of fused-ring (bicyclic) bond motifs is 1. The van der Waals surface area contributed by atoms with Crippen molar-refractivity contribution in [1.82, 2.24) is 15.3 Å². The van der Waals surface area contributed by atoms with Crippen LogP contribution in [0.1, 0.15) is 0 Å². The number of halogens is 1. The first-order chi connectivity index (χ1) is 10.1. The Labute approximate surface area is 118 Å². The highest BCUT2D eigenvalue weighted by Crippen LogP contribution is 2.16. The third-order valence-corrected chi connectivity index (χ3v) is 2.66. The van der Waals surface area contributed by atoms with Gasteiger partial charge in [-0.15, -0.1) is 0 Å². The first-order valence-corrected chi connectivity index (χ1v) is 5.95. The Balaban J connectivity index is 2.06. The van der Waals surface area contributed by atoms with Gasteiger partial charge in [0.05, 0.1) is 23.6 Å². The number of nitrogens with one attached hydrogen (secondary N) is 2. The standard InChI is InChI=1S/C13H12FN3O4/c14-4-8(5-15-13(19)20)6-21-9-1-2-10-11(3-9)16-7-17-12(10)18/h1-4,7,15H,5-6H2,(H,19,20)(H,16,17,18)/b8-4+. The number of hydrogen-bond donors (Lipinski definition) is 3. The van der Waals surface area contributed by atoms with Gasteiger partial charge in [0.25, 0.3) is 5.56 Å². The molecule has 2 aromatic rings. The number of rotatable bonds is 5. The molecule has 0 aliphatic heterocycles. The van der Waals surface area contributed by atoms with Crippen molar-refractivity contribution < 1.29 is 19.0 Å². The van der Waals surface area contributed by atoms with E-state index in [0.717, 1.165) is 0 Å². The van der Waals surface area contributed by atoms with Crippen LogP contribution in [-0.4, -0.2) is 34.3 Å². The molecular weight excluding hydrogens is 281 g/mol. The predicted molar refractivity (Wildman–Crippen MR) is 73.1 cm³/mol. The summed E-state index contributed by atoms with van der Waals surface area (Å²) in [6.07, 6.45) is 0.321. The number of hydrogen-bond acceptors (Lipinski definition) is 4. The second kappa shape index (κ2) is 6.51. The smallest absolute Gasteiger partial charge is 0.404 e. The average molecular weight is 293 g/mol. The van der Waals surface area contributed by atoms with E-state index in [9.17, 15) is 14.0 Å². The fourth-order valence-corrected chi connectivity index (χ4v) is 1.62. The van der Waals surface area contributed by atoms with Gasteiger partial charge in [-0.3, -0.25) is 4.79 Å². The summed E-state index contributed by atoms with van der Waals surface area (Å²) in [5.41, 5.74) is 0.323. The van der Waals surface area contributed by atoms with Gasteiger partial charge in [0.1, 0.15) is 12.4 Å². The molecule has 0 fully saturated rings. The van der Waals surface area contributed by atoms with Gasteiger partial charge in [0, 0.05) is 18.2 Å². The monoisotopic (exact) mass is 293 g/mol. The molecule has 0 spiro atoms. The average Bonchev–Trinajstić information content (AvgIpc) is 2.47. The molecular formula is C13H12FN3O4. The van der Waals surface area contributed by atoms with E-state index in [2.05, 4.69) is 9.97 Å². The van der Waals surface area contributed by atoms with E-state index in [1.807, 2.05) is 5.32 Å². The van der Waals surface area contributed by atoms with Crippen molar-refractivity contribution >= 4 is 17.0 Å². The van der Waals surface area contributed by atoms with Gasteiger partial charge >= 0.3 is 6.09 Å². The van der Waals surface area contributed by atoms with E-state index in [0.29, 0.717) is 23.0 Å². The van der Waals surface area contributed by atoms with Gasteiger partial charge in [-0.2, -0.15) is 0 Å². The number of benzene rings is 1. The number of carboxylic acid groups (broad SMARTS) is 1. The van der Waals surface area contributed by atoms with Crippen LogP contribution >= 0.6 is 0 Å². The highest BCUT2D eigenvalue weighted by atomic mass is 19.1. The van der Waals surface area contributed by atoms with Crippen molar-refractivity contribution in [2.45, 2.75) is 0 Å². The first-order valence-electron chi connectivity index (χ1n) is 5.95. The van der Waals surface area contributed by atoms with E-state index in [1.54, 1.807) is 18.2 Å². The highest BCUT2D eigenvalue weighted by molar-refractivity contribution is 5.78. The van der Waals surface area contributed by atoms with Gasteiger partial charge < -0.3 is 20.1 Å². The Morgan fingerprint density at radius 3 is 3.05 bits per heavy atom. The summed E-state index contributed by atoms with van der Waals surface area (Å²) in [4.78, 5) is 28.3. The zero-order valence-corrected chi connectivity index (χ0v) is 10.8. The number of aromatic amines is 1. The third kappa shape index (κ3) is 3.78. The van der Waals surface area contributed by atoms with Crippen LogP contribution in [0.4, 0.5) is 9.18 Å². The second-order valence-corrected chi connectivity index (χ2v) is 4.13. The third-order valence-electron chi connectivity index (χ3n) is 2.66. The molecule has 8 heteroatoms. The van der Waals surface area contributed by atoms with Crippen LogP contribution in [0, 0.1) is 0 Å². The van der Waals surface area contributed by atoms with Crippen molar-refractivity contribution in [2.24, 2.45) is 0 Å². The molecule has 0 radical (unpaired) electrons. The maximum absolute atomic E-state index is 12.6. The van der Waals surface area contributed by atoms with Crippen LogP contribution in [0.5, 0.6) is 5.75 Å². The molecule has 1 aromatic carbocycles. The maximum Gasteiger partial charge on any atom is 0.404 e. The molecule has 0 aliphatic rings. The van der Waals surface area contributed by atoms with Gasteiger partial charge in [-0.25, -0.2) is 14.2 Å². The summed E-state index contributed by atoms with van der Waals surface area (Å²) in [5, 5.41) is 10.9. The molecule has 2 rings (SSSR count). The SMILES string of the molecule is O=C(O)NC/C(=C\F)COc1ccc2c(=O)[nH]cnc2c1. The Morgan fingerprint density at radius 2 is 2.33 bits per heavy atom. The van der Waals surface area contributed by atoms with Crippen LogP contribution in [0.3, 0.4) is 0 Å². The van der Waals surface area contributed by atoms with E-state index in [4.69, 9.17) is 9.84 Å². The summed E-state index contributed by atoms with van der Waals surface area (Å²) >= 11 is 0. The number of H-pyrrole nitrogens is 1. The number of carbonyl (C=O) groups is 1. The van der Waals surface area contributed by atoms with E-state index < -0.39 is 6.09 Å². The lowest BCUT2D eigenvalue weighted by Crippen LogP contribution is -2.25. The molecule has 3 N–H and O–H groups in total. The summed E-state index contributed by atoms with van der Waals surface area (Å²) in [6.45, 7) is -0.289. The van der Waals surface area contributed by atoms with E-state index >= 15 is 0 Å². The molecule has 21 heavy (non-hydrogen) atoms. The fourth-order valence-electron chi connectivity index (χ4n) is 1.62. The molecule has 1 amide bonds. The number of nitrogens with zero attached hydrogens (tertiary/aromatic N) is 1. The molecule has 0 unspecified atom stereocenters. The van der Waals surface area contributed by atoms with Crippen LogP contribution in [0.25, 0.3) is 10.9 Å². The highest BCUT2D eigenvalue weighted by Gasteiger charge is 2.05. The van der Waals surface area contributed by atoms with Crippen LogP contribution in [0.15, 0.2) is 41.2 Å². The first kappa shape index (κ1) is 14.5. The van der Waals surface area contributed by atoms with Crippen molar-refractivity contribution in [3.8, 4) is 5.75 Å². The predicted octanol–water partition coefficient (Wildman–Crippen LogP) is 1.42. The van der Waals surface area contributed by atoms with Crippen LogP contribution in [-0.2, 0) is 0 Å². The molecule has 1 aromatic heterocycles. The Bertz CT molecular complexity index is 742. The van der Waals surface area contributed by atoms with Crippen molar-refractivity contribution in [3.63, 3.8) is 0 Å². The molecule has 0 atom stereocenters. The fraction of sp³-hybridized carbons (Fsp3) is 0.154. The van der Waals surface area contributed by atoms with Crippen LogP contribution < -0.4 is 15.6 Å². The van der Waals surface area contributed by atoms with Gasteiger partial charge in [-0.05, 0) is 12.1 Å². The molecule has 0 saturated heterocycles. The second-order valence-electron chi connectivity index (χ2n) is 4.13. The Morgan fingerprint density at radius 1 is 1.52 bits per heavy atom. The van der Waals surface area contributed by atoms with Crippen molar-refractivity contribution in [2.75, 3.05) is 13.2 Å². The minimum atomic E-state index is -1.25. The van der Waals surface area contributed by atoms with Gasteiger partial charge in [0.2, 0.25) is 0 Å². The van der Waals surface area contributed by atoms with Crippen LogP contribution in [0.2, 0.25) is 0 Å². The minimum Gasteiger partial charge on any atom is -0.489 e. The largest absolute Gasteiger partial charge is 0.489 e. The van der Waals surface area contributed by atoms with Crippen molar-refractivity contribution in [1.29, 1.82) is 0 Å². The summed E-state index contributed by atoms with van der Waals surface area (Å²) in [5.74, 6) is 0.398. The lowest BCUT2D eigenvalue weighted by Gasteiger charge is -2.09. The Hall–Kier alpha value is -2.90. The van der Waals surface area contributed by atoms with E-state index in [1.165, 1.54) is 6.33 Å². The topological polar surface area (TPSA) is 104 Å². The molecule has 7 nitrogen and oxygen atoms in total. The van der Waals surface area contributed by atoms with Gasteiger partial charge in [-0.1, -0.05) is 0 Å². The summed E-state index contributed by atoms with van der Waals surface area (Å²) in [7, 11) is 0. The molecule has 0 saturated carbocycles. The molecule has 0 aliphatic carbocycles. The zero-order chi connectivity index (χ0) is 15.2. The van der Waals surface area contributed by atoms with E-state index in [-0.39, 0.29) is 24.3 Å². The summed E-state index contributed by atoms with van der Waals surface area (Å²) in [6, 6.07) is 4.65. The van der Waals surface area contributed by atoms with Crippen molar-refractivity contribution in [3.05, 3.63) is 46.8 Å². The van der Waals surface area contributed by atoms with Gasteiger partial charge in [0.15, 0.2) is 0 Å². The minimum absolute atomic E-state index is 0.120. The molecule has 0 bridgehead atoms. The Kier molecular flexibility index (Phi) is 4.50. The molecule has 1 heterocycles. The number of aromatic nitrogens is 2. The maximum atomic E-state index is 12.6. The molecule has 110 valence electrons. The number of amides is 1. The lowest BCUT2D eigenvalue weighted by molar-refractivity contribution is 0.195. The zero-order valence-electron chi connectivity index (χ0n) is 10.8.